The van der Waals surface area contributed by atoms with E-state index in [1.807, 2.05) is 0 Å². The summed E-state index contributed by atoms with van der Waals surface area (Å²) < 4.78 is 30.8. The number of hydrogen-bond donors (Lipinski definition) is 2. The zero-order valence-electron chi connectivity index (χ0n) is 8.39. The fourth-order valence-corrected chi connectivity index (χ4v) is 0. The fraction of sp³-hybridized carbons (Fsp3) is 0. The molecule has 0 bridgehead atoms. The normalized spacial score (nSPS) is 2.33. The van der Waals surface area contributed by atoms with Crippen molar-refractivity contribution in [3.63, 3.8) is 0 Å². The molecule has 0 aliphatic carbocycles. The Morgan fingerprint density at radius 1 is 0.500 bits per heavy atom. The number of hydrogen-bond acceptors (Lipinski definition) is 2. The van der Waals surface area contributed by atoms with Crippen LogP contribution in [0.3, 0.4) is 0 Å². The van der Waals surface area contributed by atoms with Gasteiger partial charge < -0.3 is 43.8 Å². The Balaban J connectivity index is -0.000000000889. The van der Waals surface area contributed by atoms with Crippen LogP contribution in [0.2, 0.25) is 0 Å². The van der Waals surface area contributed by atoms with Crippen LogP contribution in [0.15, 0.2) is 0 Å². The molecule has 0 aromatic rings. The fourth-order valence-electron chi connectivity index (χ4n) is 0. The summed E-state index contributed by atoms with van der Waals surface area (Å²) in [5.74, 6) is 0. The molecule has 0 radical (unpaired) electrons. The van der Waals surface area contributed by atoms with Crippen molar-refractivity contribution in [1.29, 1.82) is 0 Å². The van der Waals surface area contributed by atoms with E-state index in [9.17, 15) is 0 Å². The Hall–Kier alpha value is 3.02. The first kappa shape index (κ1) is 171. The van der Waals surface area contributed by atoms with Gasteiger partial charge in [0.15, 0.2) is 0 Å². The van der Waals surface area contributed by atoms with Crippen molar-refractivity contribution in [2.75, 3.05) is 0 Å². The summed E-state index contributed by atoms with van der Waals surface area (Å²) in [4.78, 5) is 0. The Morgan fingerprint density at radius 2 is 0.500 bits per heavy atom. The topological polar surface area (TPSA) is 327 Å². The summed E-state index contributed by atoms with van der Waals surface area (Å²) in [6, 6.07) is 0. The van der Waals surface area contributed by atoms with Crippen LogP contribution < -0.4 is 0 Å². The summed E-state index contributed by atoms with van der Waals surface area (Å²) in [5, 5.41) is 0. The van der Waals surface area contributed by atoms with Crippen molar-refractivity contribution >= 4 is 0 Å². The predicted octanol–water partition coefficient (Wildman–Crippen LogP) is -7.96. The molecular formula is H18Cd2Ni4O12. The average Bonchev–Trinajstić information content (AvgIpc) is 1.39. The van der Waals surface area contributed by atoms with Crippen LogP contribution in [0.25, 0.3) is 0 Å². The van der Waals surface area contributed by atoms with Crippen LogP contribution >= 0.6 is 0 Å². The summed E-state index contributed by atoms with van der Waals surface area (Å²) in [6.45, 7) is 0. The molecule has 18 N–H and O–H groups in total. The monoisotopic (exact) mass is 670 g/mol. The molecule has 0 rings (SSSR count). The Morgan fingerprint density at radius 3 is 0.500 bits per heavy atom. The van der Waals surface area contributed by atoms with E-state index in [-0.39, 0.29) is 131 Å². The predicted molar refractivity (Wildman–Crippen MR) is 34.7 cm³/mol. The maximum absolute atomic E-state index is 8.42. The van der Waals surface area contributed by atoms with Crippen LogP contribution in [0.5, 0.6) is 0 Å². The molecule has 12 nitrogen and oxygen atoms in total. The molecule has 0 heterocycles. The summed E-state index contributed by atoms with van der Waals surface area (Å²) >= 11 is -1.25. The van der Waals surface area contributed by atoms with E-state index in [1.165, 1.54) is 0 Å². The summed E-state index contributed by atoms with van der Waals surface area (Å²) in [6.07, 6.45) is 0. The molecule has 0 aromatic heterocycles. The van der Waals surface area contributed by atoms with Gasteiger partial charge in [0, 0.05) is 87.6 Å². The molecule has 0 saturated heterocycles. The molecule has 0 aliphatic heterocycles. The van der Waals surface area contributed by atoms with E-state index in [1.54, 1.807) is 0 Å². The van der Waals surface area contributed by atoms with E-state index >= 15 is 0 Å². The maximum atomic E-state index is 8.42. The minimum absolute atomic E-state index is 0. The molecule has 0 atom stereocenters. The molecule has 0 aliphatic rings. The van der Waals surface area contributed by atoms with E-state index in [0.29, 0.717) is 0 Å². The van der Waals surface area contributed by atoms with Crippen molar-refractivity contribution in [3.8, 4) is 0 Å². The molecular weight excluding hydrogens is 652 g/mol. The van der Waals surface area contributed by atoms with Gasteiger partial charge in [-0.2, -0.15) is 0 Å². The quantitative estimate of drug-likeness (QED) is 0.237. The van der Waals surface area contributed by atoms with Crippen molar-refractivity contribution < 1.29 is 177 Å². The van der Waals surface area contributed by atoms with E-state index in [2.05, 4.69) is 0 Å². The van der Waals surface area contributed by atoms with Crippen molar-refractivity contribution in [3.05, 3.63) is 0 Å². The molecule has 18 heteroatoms. The van der Waals surface area contributed by atoms with Crippen LogP contribution in [0.1, 0.15) is 0 Å². The third-order valence-electron chi connectivity index (χ3n) is 0. The van der Waals surface area contributed by atoms with Crippen molar-refractivity contribution in [2.24, 2.45) is 0 Å². The molecule has 0 aromatic carbocycles. The van der Waals surface area contributed by atoms with Gasteiger partial charge in [0.2, 0.25) is 0 Å². The molecule has 0 unspecified atom stereocenters. The molecule has 0 amide bonds. The second-order valence-corrected chi connectivity index (χ2v) is 0.476. The standard InChI is InChI=1S/2Cd.4Ni.10H2O.2O/h;;;;;;10*1H2;;/q;;;;2*+1;;;;;;;;;;;;/p-2. The zero-order chi connectivity index (χ0) is 5.41. The first-order valence-electron chi connectivity index (χ1n) is 0.541. The third-order valence-corrected chi connectivity index (χ3v) is 0. The van der Waals surface area contributed by atoms with E-state index in [4.69, 9.17) is 16.3 Å². The molecule has 0 spiro atoms. The Labute approximate surface area is 175 Å². The van der Waals surface area contributed by atoms with E-state index in [0.717, 1.165) is 0 Å². The van der Waals surface area contributed by atoms with Gasteiger partial charge >= 0.3 is 45.7 Å². The molecule has 0 fully saturated rings. The second-order valence-electron chi connectivity index (χ2n) is 0.115. The minimum atomic E-state index is -0.625. The van der Waals surface area contributed by atoms with Gasteiger partial charge in [-0.3, -0.25) is 0 Å². The first-order valence-corrected chi connectivity index (χ1v) is 2.23. The summed E-state index contributed by atoms with van der Waals surface area (Å²) in [7, 11) is 0. The molecule has 134 valence electrons. The third kappa shape index (κ3) is 678. The van der Waals surface area contributed by atoms with Crippen molar-refractivity contribution in [1.82, 2.24) is 0 Å². The van der Waals surface area contributed by atoms with Gasteiger partial charge in [0.25, 0.3) is 0 Å². The van der Waals surface area contributed by atoms with Gasteiger partial charge in [-0.05, 0) is 0 Å². The zero-order valence-corrected chi connectivity index (χ0v) is 20.4. The number of rotatable bonds is 0. The van der Waals surface area contributed by atoms with Crippen molar-refractivity contribution in [2.45, 2.75) is 0 Å². The van der Waals surface area contributed by atoms with Crippen LogP contribution in [0.4, 0.5) is 0 Å². The SMILES string of the molecule is O.O.O.O.O.O.O.O.[Cd].[Cd].[Ni].[Ni].[O]=[Ni][OH].[O]=[Ni][OH]. The Bertz CT molecular complexity index is 43.1. The van der Waals surface area contributed by atoms with Gasteiger partial charge in [0.05, 0.1) is 0 Å². The molecule has 0 saturated carbocycles. The van der Waals surface area contributed by atoms with Crippen LogP contribution in [-0.2, 0) is 125 Å². The van der Waals surface area contributed by atoms with Crippen LogP contribution in [-0.4, -0.2) is 52.3 Å². The second kappa shape index (κ2) is 288. The molecule has 18 heavy (non-hydrogen) atoms. The van der Waals surface area contributed by atoms with Crippen LogP contribution in [0, 0.1) is 0 Å². The first-order chi connectivity index (χ1) is 2.83. The van der Waals surface area contributed by atoms with Gasteiger partial charge in [-0.25, -0.2) is 0 Å². The van der Waals surface area contributed by atoms with Gasteiger partial charge in [0.1, 0.15) is 0 Å². The average molecular weight is 670 g/mol. The Kier molecular flexibility index (Phi) is 2730. The van der Waals surface area contributed by atoms with Gasteiger partial charge in [-0.1, -0.05) is 0 Å². The van der Waals surface area contributed by atoms with E-state index < -0.39 is 29.4 Å². The van der Waals surface area contributed by atoms with Gasteiger partial charge in [-0.15, -0.1) is 0 Å². The summed E-state index contributed by atoms with van der Waals surface area (Å²) in [5.41, 5.74) is 0.